The van der Waals surface area contributed by atoms with Crippen LogP contribution in [0.5, 0.6) is 0 Å². The van der Waals surface area contributed by atoms with Crippen molar-refractivity contribution in [2.45, 2.75) is 57.7 Å². The van der Waals surface area contributed by atoms with E-state index < -0.39 is 6.10 Å². The molecule has 1 fully saturated rings. The van der Waals surface area contributed by atoms with Crippen molar-refractivity contribution < 1.29 is 9.90 Å². The minimum atomic E-state index is -0.478. The second-order valence-electron chi connectivity index (χ2n) is 7.04. The molecule has 0 unspecified atom stereocenters. The van der Waals surface area contributed by atoms with Crippen LogP contribution in [0.4, 0.5) is 5.95 Å². The van der Waals surface area contributed by atoms with Gasteiger partial charge in [0, 0.05) is 19.6 Å². The lowest BCUT2D eigenvalue weighted by atomic mass is 9.94. The Bertz CT molecular complexity index is 719. The summed E-state index contributed by atoms with van der Waals surface area (Å²) in [5, 5.41) is 12.7. The van der Waals surface area contributed by atoms with Gasteiger partial charge in [-0.05, 0) is 31.9 Å². The molecule has 0 aliphatic heterocycles. The predicted molar refractivity (Wildman–Crippen MR) is 99.5 cm³/mol. The zero-order valence-electron chi connectivity index (χ0n) is 15.1. The third-order valence-corrected chi connectivity index (χ3v) is 5.02. The number of rotatable bonds is 6. The van der Waals surface area contributed by atoms with E-state index in [4.69, 9.17) is 0 Å². The van der Waals surface area contributed by atoms with E-state index in [0.29, 0.717) is 18.5 Å². The molecule has 1 amide bonds. The first-order valence-corrected chi connectivity index (χ1v) is 9.19. The van der Waals surface area contributed by atoms with Crippen molar-refractivity contribution in [3.63, 3.8) is 0 Å². The van der Waals surface area contributed by atoms with E-state index in [2.05, 4.69) is 10.3 Å². The summed E-state index contributed by atoms with van der Waals surface area (Å²) in [6.07, 6.45) is 5.40. The van der Waals surface area contributed by atoms with Gasteiger partial charge in [-0.3, -0.25) is 4.79 Å². The Kier molecular flexibility index (Phi) is 5.58. The molecule has 25 heavy (non-hydrogen) atoms. The van der Waals surface area contributed by atoms with Crippen LogP contribution in [0.15, 0.2) is 24.3 Å². The topological polar surface area (TPSA) is 70.4 Å². The van der Waals surface area contributed by atoms with Gasteiger partial charge in [-0.25, -0.2) is 4.98 Å². The maximum Gasteiger partial charge on any atom is 0.242 e. The summed E-state index contributed by atoms with van der Waals surface area (Å²) in [5.74, 6) is 0.739. The van der Waals surface area contributed by atoms with Crippen molar-refractivity contribution >= 4 is 22.9 Å². The second-order valence-corrected chi connectivity index (χ2v) is 7.04. The molecule has 2 N–H and O–H groups in total. The van der Waals surface area contributed by atoms with Crippen LogP contribution in [0, 0.1) is 0 Å². The fraction of sp³-hybridized carbons (Fsp3) is 0.579. The van der Waals surface area contributed by atoms with Crippen molar-refractivity contribution in [3.8, 4) is 0 Å². The third kappa shape index (κ3) is 4.12. The summed E-state index contributed by atoms with van der Waals surface area (Å²) in [4.78, 5) is 19.3. The number of aliphatic hydroxyl groups excluding tert-OH is 1. The largest absolute Gasteiger partial charge is 0.392 e. The van der Waals surface area contributed by atoms with E-state index in [1.807, 2.05) is 40.8 Å². The Labute approximate surface area is 148 Å². The molecule has 1 heterocycles. The maximum atomic E-state index is 12.8. The SMILES string of the molecule is C[C@H](O)CNc1nc2ccccc2n1CC(=O)N(C)C1CCCCC1. The smallest absolute Gasteiger partial charge is 0.242 e. The van der Waals surface area contributed by atoms with Gasteiger partial charge in [0.25, 0.3) is 0 Å². The lowest BCUT2D eigenvalue weighted by Crippen LogP contribution is -2.40. The Morgan fingerprint density at radius 1 is 1.36 bits per heavy atom. The average Bonchev–Trinajstić information content (AvgIpc) is 2.97. The van der Waals surface area contributed by atoms with Gasteiger partial charge in [-0.15, -0.1) is 0 Å². The molecule has 1 saturated carbocycles. The molecule has 0 radical (unpaired) electrons. The average molecular weight is 344 g/mol. The minimum Gasteiger partial charge on any atom is -0.392 e. The molecule has 0 spiro atoms. The van der Waals surface area contributed by atoms with Crippen LogP contribution in [0.1, 0.15) is 39.0 Å². The highest BCUT2D eigenvalue weighted by molar-refractivity contribution is 5.83. The van der Waals surface area contributed by atoms with Gasteiger partial charge in [0.1, 0.15) is 6.54 Å². The first-order chi connectivity index (χ1) is 12.1. The summed E-state index contributed by atoms with van der Waals surface area (Å²) in [5.41, 5.74) is 1.78. The normalized spacial score (nSPS) is 16.8. The van der Waals surface area contributed by atoms with Crippen molar-refractivity contribution in [2.24, 2.45) is 0 Å². The molecule has 6 nitrogen and oxygen atoms in total. The van der Waals surface area contributed by atoms with Gasteiger partial charge < -0.3 is 19.9 Å². The number of aliphatic hydroxyl groups is 1. The number of amides is 1. The van der Waals surface area contributed by atoms with Gasteiger partial charge in [0.05, 0.1) is 17.1 Å². The van der Waals surface area contributed by atoms with Crippen LogP contribution in [0.25, 0.3) is 11.0 Å². The maximum absolute atomic E-state index is 12.8. The van der Waals surface area contributed by atoms with Crippen molar-refractivity contribution in [1.29, 1.82) is 0 Å². The Morgan fingerprint density at radius 3 is 2.80 bits per heavy atom. The molecule has 136 valence electrons. The molecule has 1 aromatic heterocycles. The fourth-order valence-corrected chi connectivity index (χ4v) is 3.53. The summed E-state index contributed by atoms with van der Waals surface area (Å²) in [6, 6.07) is 8.16. The predicted octanol–water partition coefficient (Wildman–Crippen LogP) is 2.62. The number of likely N-dealkylation sites (N-methyl/N-ethyl adjacent to an activating group) is 1. The zero-order valence-corrected chi connectivity index (χ0v) is 15.1. The molecular formula is C19H28N4O2. The number of hydrogen-bond acceptors (Lipinski definition) is 4. The van der Waals surface area contributed by atoms with E-state index in [1.165, 1.54) is 19.3 Å². The minimum absolute atomic E-state index is 0.107. The molecule has 6 heteroatoms. The molecule has 1 aromatic carbocycles. The fourth-order valence-electron chi connectivity index (χ4n) is 3.53. The first-order valence-electron chi connectivity index (χ1n) is 9.19. The molecule has 1 atom stereocenters. The van der Waals surface area contributed by atoms with Crippen molar-refractivity contribution in [1.82, 2.24) is 14.5 Å². The van der Waals surface area contributed by atoms with Crippen LogP contribution in [0.2, 0.25) is 0 Å². The van der Waals surface area contributed by atoms with Gasteiger partial charge in [-0.1, -0.05) is 31.4 Å². The number of nitrogens with one attached hydrogen (secondary N) is 1. The number of carbonyl (C=O) groups is 1. The van der Waals surface area contributed by atoms with Crippen molar-refractivity contribution in [2.75, 3.05) is 18.9 Å². The Morgan fingerprint density at radius 2 is 2.08 bits per heavy atom. The number of nitrogens with zero attached hydrogens (tertiary/aromatic N) is 3. The second kappa shape index (κ2) is 7.87. The molecule has 0 bridgehead atoms. The van der Waals surface area contributed by atoms with Crippen LogP contribution in [0.3, 0.4) is 0 Å². The summed E-state index contributed by atoms with van der Waals surface area (Å²) in [7, 11) is 1.92. The molecule has 1 aliphatic rings. The van der Waals surface area contributed by atoms with Gasteiger partial charge in [0.15, 0.2) is 0 Å². The van der Waals surface area contributed by atoms with E-state index in [-0.39, 0.29) is 12.5 Å². The highest BCUT2D eigenvalue weighted by Gasteiger charge is 2.23. The monoisotopic (exact) mass is 344 g/mol. The van der Waals surface area contributed by atoms with Crippen LogP contribution < -0.4 is 5.32 Å². The molecular weight excluding hydrogens is 316 g/mol. The number of fused-ring (bicyclic) bond motifs is 1. The van der Waals surface area contributed by atoms with E-state index in [9.17, 15) is 9.90 Å². The van der Waals surface area contributed by atoms with Crippen LogP contribution >= 0.6 is 0 Å². The highest BCUT2D eigenvalue weighted by atomic mass is 16.3. The van der Waals surface area contributed by atoms with Crippen molar-refractivity contribution in [3.05, 3.63) is 24.3 Å². The molecule has 1 aliphatic carbocycles. The van der Waals surface area contributed by atoms with Gasteiger partial charge in [0.2, 0.25) is 11.9 Å². The molecule has 2 aromatic rings. The standard InChI is InChI=1S/C19H28N4O2/c1-14(24)12-20-19-21-16-10-6-7-11-17(16)23(19)13-18(25)22(2)15-8-4-3-5-9-15/h6-7,10-11,14-15,24H,3-5,8-9,12-13H2,1-2H3,(H,20,21)/t14-/m0/s1. The Balaban J connectivity index is 1.80. The zero-order chi connectivity index (χ0) is 17.8. The van der Waals surface area contributed by atoms with E-state index in [1.54, 1.807) is 6.92 Å². The lowest BCUT2D eigenvalue weighted by molar-refractivity contribution is -0.133. The van der Waals surface area contributed by atoms with Gasteiger partial charge >= 0.3 is 0 Å². The van der Waals surface area contributed by atoms with Crippen LogP contribution in [-0.2, 0) is 11.3 Å². The summed E-state index contributed by atoms with van der Waals surface area (Å²) >= 11 is 0. The lowest BCUT2D eigenvalue weighted by Gasteiger charge is -2.31. The number of anilines is 1. The summed E-state index contributed by atoms with van der Waals surface area (Å²) in [6.45, 7) is 2.38. The number of benzene rings is 1. The number of para-hydroxylation sites is 2. The third-order valence-electron chi connectivity index (χ3n) is 5.02. The van der Waals surface area contributed by atoms with E-state index in [0.717, 1.165) is 23.9 Å². The number of aromatic nitrogens is 2. The highest BCUT2D eigenvalue weighted by Crippen LogP contribution is 2.23. The molecule has 3 rings (SSSR count). The summed E-state index contributed by atoms with van der Waals surface area (Å²) < 4.78 is 1.92. The number of carbonyl (C=O) groups excluding carboxylic acids is 1. The quantitative estimate of drug-likeness (QED) is 0.845. The van der Waals surface area contributed by atoms with Gasteiger partial charge in [-0.2, -0.15) is 0 Å². The molecule has 0 saturated heterocycles. The number of imidazole rings is 1. The van der Waals surface area contributed by atoms with E-state index >= 15 is 0 Å². The van der Waals surface area contributed by atoms with Crippen LogP contribution in [-0.4, -0.2) is 51.2 Å². The first kappa shape index (κ1) is 17.7. The Hall–Kier alpha value is -2.08. The number of hydrogen-bond donors (Lipinski definition) is 2.